The lowest BCUT2D eigenvalue weighted by Gasteiger charge is -2.21. The van der Waals surface area contributed by atoms with Gasteiger partial charge in [0.2, 0.25) is 0 Å². The summed E-state index contributed by atoms with van der Waals surface area (Å²) in [4.78, 5) is 0. The molecule has 0 amide bonds. The highest BCUT2D eigenvalue weighted by molar-refractivity contribution is 5.26. The van der Waals surface area contributed by atoms with Gasteiger partial charge in [-0.2, -0.15) is 0 Å². The molecule has 0 saturated heterocycles. The molecule has 0 spiro atoms. The molecule has 2 N–H and O–H groups in total. The van der Waals surface area contributed by atoms with Crippen LogP contribution in [0.2, 0.25) is 0 Å². The van der Waals surface area contributed by atoms with Crippen LogP contribution in [0.15, 0.2) is 24.3 Å². The highest BCUT2D eigenvalue weighted by atomic mass is 16.3. The Morgan fingerprint density at radius 1 is 1.20 bits per heavy atom. The summed E-state index contributed by atoms with van der Waals surface area (Å²) in [6, 6.07) is 7.99. The number of hydrogen-bond acceptors (Lipinski definition) is 2. The summed E-state index contributed by atoms with van der Waals surface area (Å²) in [6.07, 6.45) is 1.02. The first-order valence-electron chi connectivity index (χ1n) is 5.64. The second-order valence-corrected chi connectivity index (χ2v) is 4.28. The van der Waals surface area contributed by atoms with E-state index in [9.17, 15) is 5.11 Å². The summed E-state index contributed by atoms with van der Waals surface area (Å²) >= 11 is 0. The second-order valence-electron chi connectivity index (χ2n) is 4.28. The van der Waals surface area contributed by atoms with Gasteiger partial charge >= 0.3 is 0 Å². The molecule has 0 aliphatic carbocycles. The Balaban J connectivity index is 2.61. The highest BCUT2D eigenvalue weighted by Crippen LogP contribution is 2.14. The quantitative estimate of drug-likeness (QED) is 0.777. The average Bonchev–Trinajstić information content (AvgIpc) is 2.20. The molecular weight excluding hydrogens is 186 g/mol. The van der Waals surface area contributed by atoms with E-state index in [-0.39, 0.29) is 0 Å². The number of rotatable bonds is 5. The number of hydrogen-bond donors (Lipinski definition) is 2. The number of phenolic OH excluding ortho intramolecular Hbond substituents is 1. The Hall–Kier alpha value is -1.02. The average molecular weight is 207 g/mol. The summed E-state index contributed by atoms with van der Waals surface area (Å²) < 4.78 is 0. The zero-order chi connectivity index (χ0) is 11.3. The molecule has 0 bridgehead atoms. The van der Waals surface area contributed by atoms with Gasteiger partial charge in [-0.25, -0.2) is 0 Å². The summed E-state index contributed by atoms with van der Waals surface area (Å²) in [5.41, 5.74) is 1.27. The van der Waals surface area contributed by atoms with Gasteiger partial charge in [0.25, 0.3) is 0 Å². The first-order valence-corrected chi connectivity index (χ1v) is 5.64. The van der Waals surface area contributed by atoms with Crippen molar-refractivity contribution in [2.45, 2.75) is 33.2 Å². The van der Waals surface area contributed by atoms with E-state index in [4.69, 9.17) is 0 Å². The topological polar surface area (TPSA) is 32.3 Å². The lowest BCUT2D eigenvalue weighted by molar-refractivity contribution is 0.405. The number of likely N-dealkylation sites (N-methyl/N-ethyl adjacent to an activating group) is 1. The third kappa shape index (κ3) is 3.92. The van der Waals surface area contributed by atoms with Gasteiger partial charge in [-0.05, 0) is 36.6 Å². The van der Waals surface area contributed by atoms with E-state index in [0.29, 0.717) is 17.7 Å². The van der Waals surface area contributed by atoms with Gasteiger partial charge in [-0.3, -0.25) is 0 Å². The maximum absolute atomic E-state index is 9.19. The molecule has 1 atom stereocenters. The van der Waals surface area contributed by atoms with E-state index in [1.54, 1.807) is 12.1 Å². The van der Waals surface area contributed by atoms with Crippen molar-refractivity contribution >= 4 is 0 Å². The summed E-state index contributed by atoms with van der Waals surface area (Å²) in [7, 11) is 0. The zero-order valence-corrected chi connectivity index (χ0v) is 9.83. The molecule has 0 saturated carbocycles. The molecule has 1 aromatic carbocycles. The van der Waals surface area contributed by atoms with Crippen molar-refractivity contribution in [1.29, 1.82) is 0 Å². The van der Waals surface area contributed by atoms with Crippen molar-refractivity contribution < 1.29 is 5.11 Å². The molecule has 84 valence electrons. The zero-order valence-electron chi connectivity index (χ0n) is 9.83. The Bertz CT molecular complexity index is 279. The third-order valence-electron chi connectivity index (χ3n) is 2.66. The van der Waals surface area contributed by atoms with E-state index in [0.717, 1.165) is 13.0 Å². The highest BCUT2D eigenvalue weighted by Gasteiger charge is 2.12. The Morgan fingerprint density at radius 3 is 2.27 bits per heavy atom. The molecule has 1 aromatic rings. The molecule has 0 aromatic heterocycles. The minimum absolute atomic E-state index is 0.336. The lowest BCUT2D eigenvalue weighted by Crippen LogP contribution is -2.35. The second kappa shape index (κ2) is 5.76. The predicted octanol–water partition coefficient (Wildman–Crippen LogP) is 2.57. The molecule has 0 aliphatic rings. The van der Waals surface area contributed by atoms with Crippen LogP contribution >= 0.6 is 0 Å². The first kappa shape index (κ1) is 12.1. The minimum atomic E-state index is 0.336. The Morgan fingerprint density at radius 2 is 1.80 bits per heavy atom. The van der Waals surface area contributed by atoms with E-state index in [1.165, 1.54) is 5.56 Å². The van der Waals surface area contributed by atoms with Gasteiger partial charge in [0.05, 0.1) is 0 Å². The van der Waals surface area contributed by atoms with E-state index in [2.05, 4.69) is 26.1 Å². The van der Waals surface area contributed by atoms with Gasteiger partial charge in [0.15, 0.2) is 0 Å². The lowest BCUT2D eigenvalue weighted by atomic mass is 9.96. The monoisotopic (exact) mass is 207 g/mol. The van der Waals surface area contributed by atoms with Crippen LogP contribution < -0.4 is 5.32 Å². The fourth-order valence-electron chi connectivity index (χ4n) is 1.69. The smallest absolute Gasteiger partial charge is 0.115 e. The molecular formula is C13H21NO. The van der Waals surface area contributed by atoms with Crippen LogP contribution in [0, 0.1) is 5.92 Å². The number of phenols is 1. The normalized spacial score (nSPS) is 13.1. The van der Waals surface area contributed by atoms with Crippen molar-refractivity contribution in [3.63, 3.8) is 0 Å². The van der Waals surface area contributed by atoms with Crippen molar-refractivity contribution in [3.05, 3.63) is 29.8 Å². The maximum Gasteiger partial charge on any atom is 0.115 e. The van der Waals surface area contributed by atoms with Crippen molar-refractivity contribution in [3.8, 4) is 5.75 Å². The summed E-state index contributed by atoms with van der Waals surface area (Å²) in [5.74, 6) is 0.960. The molecule has 0 fully saturated rings. The summed E-state index contributed by atoms with van der Waals surface area (Å²) in [6.45, 7) is 7.59. The molecule has 1 unspecified atom stereocenters. The van der Waals surface area contributed by atoms with E-state index >= 15 is 0 Å². The molecule has 1 rings (SSSR count). The SMILES string of the molecule is CCNC(Cc1ccc(O)cc1)C(C)C. The molecule has 2 nitrogen and oxygen atoms in total. The molecule has 15 heavy (non-hydrogen) atoms. The van der Waals surface area contributed by atoms with Crippen molar-refractivity contribution in [2.75, 3.05) is 6.54 Å². The minimum Gasteiger partial charge on any atom is -0.508 e. The standard InChI is InChI=1S/C13H21NO/c1-4-14-13(10(2)3)9-11-5-7-12(15)8-6-11/h5-8,10,13-15H,4,9H2,1-3H3. The van der Waals surface area contributed by atoms with Crippen LogP contribution in [0.5, 0.6) is 5.75 Å². The Kier molecular flexibility index (Phi) is 4.63. The van der Waals surface area contributed by atoms with Crippen LogP contribution in [0.3, 0.4) is 0 Å². The molecule has 0 radical (unpaired) electrons. The van der Waals surface area contributed by atoms with Crippen LogP contribution in [0.4, 0.5) is 0 Å². The Labute approximate surface area is 92.3 Å². The maximum atomic E-state index is 9.19. The largest absolute Gasteiger partial charge is 0.508 e. The fraction of sp³-hybridized carbons (Fsp3) is 0.538. The van der Waals surface area contributed by atoms with Crippen LogP contribution in [0.25, 0.3) is 0 Å². The fourth-order valence-corrected chi connectivity index (χ4v) is 1.69. The number of benzene rings is 1. The van der Waals surface area contributed by atoms with Crippen LogP contribution in [-0.4, -0.2) is 17.7 Å². The van der Waals surface area contributed by atoms with Gasteiger partial charge in [-0.1, -0.05) is 32.9 Å². The van der Waals surface area contributed by atoms with Crippen LogP contribution in [0.1, 0.15) is 26.3 Å². The van der Waals surface area contributed by atoms with E-state index < -0.39 is 0 Å². The molecule has 0 heterocycles. The van der Waals surface area contributed by atoms with Crippen molar-refractivity contribution in [2.24, 2.45) is 5.92 Å². The third-order valence-corrected chi connectivity index (χ3v) is 2.66. The first-order chi connectivity index (χ1) is 7.13. The van der Waals surface area contributed by atoms with Gasteiger partial charge in [-0.15, -0.1) is 0 Å². The number of aromatic hydroxyl groups is 1. The van der Waals surface area contributed by atoms with E-state index in [1.807, 2.05) is 12.1 Å². The van der Waals surface area contributed by atoms with Crippen LogP contribution in [-0.2, 0) is 6.42 Å². The van der Waals surface area contributed by atoms with Gasteiger partial charge in [0.1, 0.15) is 5.75 Å². The predicted molar refractivity (Wildman–Crippen MR) is 64.1 cm³/mol. The van der Waals surface area contributed by atoms with Gasteiger partial charge < -0.3 is 10.4 Å². The van der Waals surface area contributed by atoms with Gasteiger partial charge in [0, 0.05) is 6.04 Å². The number of nitrogens with one attached hydrogen (secondary N) is 1. The van der Waals surface area contributed by atoms with Crippen molar-refractivity contribution in [1.82, 2.24) is 5.32 Å². The molecule has 0 aliphatic heterocycles. The summed E-state index contributed by atoms with van der Waals surface area (Å²) in [5, 5.41) is 12.7. The molecule has 2 heteroatoms.